The van der Waals surface area contributed by atoms with Crippen molar-refractivity contribution in [2.45, 2.75) is 25.8 Å². The summed E-state index contributed by atoms with van der Waals surface area (Å²) in [5.74, 6) is 0.199. The van der Waals surface area contributed by atoms with Crippen LogP contribution in [-0.4, -0.2) is 27.0 Å². The van der Waals surface area contributed by atoms with Crippen molar-refractivity contribution in [3.05, 3.63) is 33.8 Å². The van der Waals surface area contributed by atoms with Crippen LogP contribution in [0.4, 0.5) is 0 Å². The minimum absolute atomic E-state index is 0.115. The van der Waals surface area contributed by atoms with E-state index in [0.717, 1.165) is 12.0 Å². The van der Waals surface area contributed by atoms with Gasteiger partial charge < -0.3 is 5.32 Å². The summed E-state index contributed by atoms with van der Waals surface area (Å²) in [7, 11) is -2.89. The first-order valence-electron chi connectivity index (χ1n) is 6.19. The molecule has 1 unspecified atom stereocenters. The summed E-state index contributed by atoms with van der Waals surface area (Å²) < 4.78 is 22.1. The molecule has 0 saturated carbocycles. The predicted molar refractivity (Wildman–Crippen MR) is 81.8 cm³/mol. The molecule has 0 fully saturated rings. The van der Waals surface area contributed by atoms with Crippen LogP contribution in [0.25, 0.3) is 0 Å². The number of benzene rings is 1. The maximum absolute atomic E-state index is 11.0. The van der Waals surface area contributed by atoms with Crippen LogP contribution in [0.3, 0.4) is 0 Å². The van der Waals surface area contributed by atoms with E-state index in [1.807, 2.05) is 12.1 Å². The average molecular weight is 324 g/mol. The molecule has 108 valence electrons. The Kier molecular flexibility index (Phi) is 6.60. The minimum atomic E-state index is -2.89. The van der Waals surface area contributed by atoms with Crippen LogP contribution < -0.4 is 5.32 Å². The number of nitrogens with one attached hydrogen (secondary N) is 1. The summed E-state index contributed by atoms with van der Waals surface area (Å²) in [5, 5.41) is 4.57. The van der Waals surface area contributed by atoms with Crippen molar-refractivity contribution in [2.75, 3.05) is 18.6 Å². The Labute approximate surface area is 125 Å². The molecular formula is C13H19Cl2NO2S. The van der Waals surface area contributed by atoms with E-state index >= 15 is 0 Å². The molecule has 1 N–H and O–H groups in total. The van der Waals surface area contributed by atoms with Crippen LogP contribution in [-0.2, 0) is 9.84 Å². The molecule has 0 aliphatic heterocycles. The van der Waals surface area contributed by atoms with Gasteiger partial charge in [-0.3, -0.25) is 0 Å². The van der Waals surface area contributed by atoms with Gasteiger partial charge in [0.1, 0.15) is 9.84 Å². The highest BCUT2D eigenvalue weighted by Crippen LogP contribution is 2.27. The number of hydrogen-bond donors (Lipinski definition) is 1. The fourth-order valence-corrected chi connectivity index (χ4v) is 3.08. The third kappa shape index (κ3) is 6.13. The van der Waals surface area contributed by atoms with Gasteiger partial charge in [-0.2, -0.15) is 0 Å². The van der Waals surface area contributed by atoms with Crippen molar-refractivity contribution in [3.63, 3.8) is 0 Å². The van der Waals surface area contributed by atoms with Crippen LogP contribution >= 0.6 is 23.2 Å². The lowest BCUT2D eigenvalue weighted by atomic mass is 10.0. The molecule has 0 spiro atoms. The summed E-state index contributed by atoms with van der Waals surface area (Å²) >= 11 is 12.0. The Hall–Kier alpha value is -0.290. The third-order valence-electron chi connectivity index (χ3n) is 2.83. The molecule has 19 heavy (non-hydrogen) atoms. The fourth-order valence-electron chi connectivity index (χ4n) is 1.87. The van der Waals surface area contributed by atoms with Gasteiger partial charge in [-0.15, -0.1) is 0 Å². The van der Waals surface area contributed by atoms with E-state index < -0.39 is 9.84 Å². The molecule has 1 aromatic rings. The topological polar surface area (TPSA) is 46.2 Å². The van der Waals surface area contributed by atoms with Gasteiger partial charge in [-0.05, 0) is 37.1 Å². The molecular weight excluding hydrogens is 305 g/mol. The molecule has 0 aliphatic carbocycles. The molecule has 6 heteroatoms. The maximum atomic E-state index is 11.0. The molecule has 0 aromatic heterocycles. The van der Waals surface area contributed by atoms with E-state index in [2.05, 4.69) is 12.2 Å². The second-order valence-corrected chi connectivity index (χ2v) is 7.67. The molecule has 0 aliphatic rings. The number of sulfone groups is 1. The highest BCUT2D eigenvalue weighted by molar-refractivity contribution is 7.90. The molecule has 0 amide bonds. The van der Waals surface area contributed by atoms with Crippen LogP contribution in [0.5, 0.6) is 0 Å². The van der Waals surface area contributed by atoms with Crippen LogP contribution in [0, 0.1) is 0 Å². The van der Waals surface area contributed by atoms with E-state index in [4.69, 9.17) is 23.2 Å². The summed E-state index contributed by atoms with van der Waals surface area (Å²) in [5.41, 5.74) is 0.993. The highest BCUT2D eigenvalue weighted by Gasteiger charge is 2.12. The highest BCUT2D eigenvalue weighted by atomic mass is 35.5. The molecule has 1 aromatic carbocycles. The van der Waals surface area contributed by atoms with Gasteiger partial charge >= 0.3 is 0 Å². The Balaban J connectivity index is 2.58. The smallest absolute Gasteiger partial charge is 0.147 e. The zero-order chi connectivity index (χ0) is 14.5. The average Bonchev–Trinajstić information content (AvgIpc) is 2.29. The van der Waals surface area contributed by atoms with Crippen molar-refractivity contribution in [3.8, 4) is 0 Å². The normalized spacial score (nSPS) is 13.5. The first-order valence-corrected chi connectivity index (χ1v) is 9.01. The van der Waals surface area contributed by atoms with Gasteiger partial charge in [0.05, 0.1) is 5.75 Å². The number of rotatable bonds is 7. The summed E-state index contributed by atoms with van der Waals surface area (Å²) in [4.78, 5) is 0. The molecule has 1 rings (SSSR count). The van der Waals surface area contributed by atoms with Gasteiger partial charge in [0.25, 0.3) is 0 Å². The maximum Gasteiger partial charge on any atom is 0.147 e. The van der Waals surface area contributed by atoms with Gasteiger partial charge in [-0.1, -0.05) is 36.2 Å². The van der Waals surface area contributed by atoms with Gasteiger partial charge in [0, 0.05) is 22.3 Å². The first-order chi connectivity index (χ1) is 8.83. The largest absolute Gasteiger partial charge is 0.310 e. The standard InChI is InChI=1S/C13H19Cl2NO2S/c1-3-13(16-7-4-8-19(2,17)18)11-6-5-10(14)9-12(11)15/h5-6,9,13,16H,3-4,7-8H2,1-2H3. The Bertz CT molecular complexity index is 517. The van der Waals surface area contributed by atoms with Crippen LogP contribution in [0.15, 0.2) is 18.2 Å². The Morgan fingerprint density at radius 1 is 1.32 bits per heavy atom. The lowest BCUT2D eigenvalue weighted by Crippen LogP contribution is -2.23. The molecule has 0 radical (unpaired) electrons. The number of hydrogen-bond acceptors (Lipinski definition) is 3. The molecule has 3 nitrogen and oxygen atoms in total. The van der Waals surface area contributed by atoms with Crippen molar-refractivity contribution in [1.29, 1.82) is 0 Å². The van der Waals surface area contributed by atoms with Crippen LogP contribution in [0.1, 0.15) is 31.4 Å². The summed E-state index contributed by atoms with van der Waals surface area (Å²) in [6.07, 6.45) is 2.72. The lowest BCUT2D eigenvalue weighted by Gasteiger charge is -2.18. The zero-order valence-corrected chi connectivity index (χ0v) is 13.4. The van der Waals surface area contributed by atoms with Crippen LogP contribution in [0.2, 0.25) is 10.0 Å². The molecule has 1 atom stereocenters. The van der Waals surface area contributed by atoms with E-state index in [-0.39, 0.29) is 11.8 Å². The SMILES string of the molecule is CCC(NCCCS(C)(=O)=O)c1ccc(Cl)cc1Cl. The van der Waals surface area contributed by atoms with E-state index in [1.165, 1.54) is 6.26 Å². The van der Waals surface area contributed by atoms with E-state index in [9.17, 15) is 8.42 Å². The fraction of sp³-hybridized carbons (Fsp3) is 0.538. The second-order valence-electron chi connectivity index (χ2n) is 4.56. The van der Waals surface area contributed by atoms with Crippen molar-refractivity contribution in [1.82, 2.24) is 5.32 Å². The monoisotopic (exact) mass is 323 g/mol. The lowest BCUT2D eigenvalue weighted by molar-refractivity contribution is 0.516. The van der Waals surface area contributed by atoms with Crippen molar-refractivity contribution in [2.24, 2.45) is 0 Å². The van der Waals surface area contributed by atoms with Gasteiger partial charge in [0.2, 0.25) is 0 Å². The Morgan fingerprint density at radius 3 is 2.53 bits per heavy atom. The van der Waals surface area contributed by atoms with Gasteiger partial charge in [-0.25, -0.2) is 8.42 Å². The van der Waals surface area contributed by atoms with Crippen molar-refractivity contribution >= 4 is 33.0 Å². The quantitative estimate of drug-likeness (QED) is 0.781. The molecule has 0 saturated heterocycles. The molecule has 0 heterocycles. The summed E-state index contributed by atoms with van der Waals surface area (Å²) in [6.45, 7) is 2.70. The number of halogens is 2. The third-order valence-corrected chi connectivity index (χ3v) is 4.42. The zero-order valence-electron chi connectivity index (χ0n) is 11.1. The minimum Gasteiger partial charge on any atom is -0.310 e. The van der Waals surface area contributed by atoms with Gasteiger partial charge in [0.15, 0.2) is 0 Å². The second kappa shape index (κ2) is 7.48. The predicted octanol–water partition coefficient (Wildman–Crippen LogP) is 3.47. The molecule has 0 bridgehead atoms. The van der Waals surface area contributed by atoms with E-state index in [0.29, 0.717) is 23.0 Å². The summed E-state index contributed by atoms with van der Waals surface area (Å²) in [6, 6.07) is 5.55. The Morgan fingerprint density at radius 2 is 2.00 bits per heavy atom. The van der Waals surface area contributed by atoms with E-state index in [1.54, 1.807) is 6.07 Å². The van der Waals surface area contributed by atoms with Crippen molar-refractivity contribution < 1.29 is 8.42 Å². The first kappa shape index (κ1) is 16.8.